The molecule has 1 saturated heterocycles. The highest BCUT2D eigenvalue weighted by Crippen LogP contribution is 2.34. The lowest BCUT2D eigenvalue weighted by Gasteiger charge is -2.35. The number of nitrogens with zero attached hydrogens (tertiary/aromatic N) is 1. The lowest BCUT2D eigenvalue weighted by atomic mass is 9.98. The van der Waals surface area contributed by atoms with E-state index in [-0.39, 0.29) is 36.6 Å². The lowest BCUT2D eigenvalue weighted by Crippen LogP contribution is -2.45. The minimum absolute atomic E-state index is 0. The number of aryl methyl sites for hydroxylation is 1. The number of nitrogens with one attached hydrogen (secondary N) is 1. The van der Waals surface area contributed by atoms with E-state index in [0.29, 0.717) is 17.5 Å². The van der Waals surface area contributed by atoms with Crippen molar-refractivity contribution in [3.05, 3.63) is 29.1 Å². The van der Waals surface area contributed by atoms with Crippen molar-refractivity contribution in [2.24, 2.45) is 0 Å². The fourth-order valence-electron chi connectivity index (χ4n) is 2.67. The quantitative estimate of drug-likeness (QED) is 0.791. The number of phenols is 1. The molecule has 4 nitrogen and oxygen atoms in total. The topological polar surface area (TPSA) is 55.7 Å². The third-order valence-corrected chi connectivity index (χ3v) is 3.65. The summed E-state index contributed by atoms with van der Waals surface area (Å²) in [6, 6.07) is 2.57. The molecule has 0 spiro atoms. The standard InChI is InChI=1S/C14H21FN2O2.ClH/c1-10-8-11(15)9-12(14(10)19)13(2-7-18)17-5-3-16-4-6-17;/h8-9,13,16,18-19H,2-7H2,1H3;1H/t13-;/m0./s1. The Kier molecular flexibility index (Phi) is 6.68. The van der Waals surface area contributed by atoms with Crippen molar-refractivity contribution < 1.29 is 14.6 Å². The van der Waals surface area contributed by atoms with Crippen molar-refractivity contribution >= 4 is 12.4 Å². The molecule has 0 aliphatic carbocycles. The number of aliphatic hydroxyl groups excluding tert-OH is 1. The molecule has 20 heavy (non-hydrogen) atoms. The molecule has 1 heterocycles. The zero-order valence-electron chi connectivity index (χ0n) is 11.6. The van der Waals surface area contributed by atoms with E-state index >= 15 is 0 Å². The molecule has 0 aromatic heterocycles. The number of halogens is 2. The second-order valence-corrected chi connectivity index (χ2v) is 4.97. The number of benzene rings is 1. The van der Waals surface area contributed by atoms with Gasteiger partial charge in [0.15, 0.2) is 0 Å². The minimum Gasteiger partial charge on any atom is -0.507 e. The van der Waals surface area contributed by atoms with Crippen molar-refractivity contribution in [1.82, 2.24) is 10.2 Å². The van der Waals surface area contributed by atoms with Gasteiger partial charge >= 0.3 is 0 Å². The zero-order valence-corrected chi connectivity index (χ0v) is 12.4. The number of rotatable bonds is 4. The second kappa shape index (κ2) is 7.78. The Morgan fingerprint density at radius 3 is 2.60 bits per heavy atom. The highest BCUT2D eigenvalue weighted by atomic mass is 35.5. The van der Waals surface area contributed by atoms with Gasteiger partial charge in [-0.2, -0.15) is 0 Å². The summed E-state index contributed by atoms with van der Waals surface area (Å²) >= 11 is 0. The first-order valence-corrected chi connectivity index (χ1v) is 6.68. The van der Waals surface area contributed by atoms with Crippen molar-refractivity contribution in [3.63, 3.8) is 0 Å². The average molecular weight is 305 g/mol. The largest absolute Gasteiger partial charge is 0.507 e. The van der Waals surface area contributed by atoms with E-state index in [4.69, 9.17) is 0 Å². The van der Waals surface area contributed by atoms with E-state index < -0.39 is 0 Å². The molecule has 1 fully saturated rings. The van der Waals surface area contributed by atoms with Crippen LogP contribution in [-0.2, 0) is 0 Å². The Bertz CT molecular complexity index is 439. The van der Waals surface area contributed by atoms with Crippen LogP contribution in [0.15, 0.2) is 12.1 Å². The smallest absolute Gasteiger partial charge is 0.124 e. The molecule has 1 aromatic rings. The number of piperazine rings is 1. The van der Waals surface area contributed by atoms with Gasteiger partial charge in [0.2, 0.25) is 0 Å². The van der Waals surface area contributed by atoms with Gasteiger partial charge in [-0.15, -0.1) is 12.4 Å². The Labute approximate surface area is 125 Å². The summed E-state index contributed by atoms with van der Waals surface area (Å²) in [5, 5.41) is 22.7. The van der Waals surface area contributed by atoms with E-state index in [2.05, 4.69) is 10.2 Å². The summed E-state index contributed by atoms with van der Waals surface area (Å²) in [5.74, 6) is -0.207. The maximum Gasteiger partial charge on any atom is 0.124 e. The summed E-state index contributed by atoms with van der Waals surface area (Å²) < 4.78 is 13.6. The van der Waals surface area contributed by atoms with E-state index in [0.717, 1.165) is 26.2 Å². The Hall–Kier alpha value is -0.880. The van der Waals surface area contributed by atoms with E-state index in [1.54, 1.807) is 6.92 Å². The van der Waals surface area contributed by atoms with Crippen molar-refractivity contribution in [2.75, 3.05) is 32.8 Å². The molecule has 1 atom stereocenters. The molecule has 1 aromatic carbocycles. The fraction of sp³-hybridized carbons (Fsp3) is 0.571. The molecule has 0 unspecified atom stereocenters. The number of hydrogen-bond donors (Lipinski definition) is 3. The summed E-state index contributed by atoms with van der Waals surface area (Å²) in [6.07, 6.45) is 0.496. The van der Waals surface area contributed by atoms with Crippen LogP contribution in [-0.4, -0.2) is 47.9 Å². The highest BCUT2D eigenvalue weighted by Gasteiger charge is 2.25. The molecule has 6 heteroatoms. The predicted molar refractivity (Wildman–Crippen MR) is 78.9 cm³/mol. The molecule has 1 aliphatic rings. The molecule has 1 aliphatic heterocycles. The van der Waals surface area contributed by atoms with Gasteiger partial charge in [0.05, 0.1) is 0 Å². The molecular weight excluding hydrogens is 283 g/mol. The SMILES string of the molecule is Cc1cc(F)cc([C@H](CCO)N2CCNCC2)c1O.Cl. The molecule has 114 valence electrons. The number of aromatic hydroxyl groups is 1. The molecule has 2 rings (SSSR count). The molecule has 0 bridgehead atoms. The van der Waals surface area contributed by atoms with Gasteiger partial charge in [0, 0.05) is 44.4 Å². The van der Waals surface area contributed by atoms with Gasteiger partial charge in [-0.25, -0.2) is 4.39 Å². The predicted octanol–water partition coefficient (Wildman–Crippen LogP) is 1.59. The highest BCUT2D eigenvalue weighted by molar-refractivity contribution is 5.85. The third-order valence-electron chi connectivity index (χ3n) is 3.65. The molecule has 0 saturated carbocycles. The van der Waals surface area contributed by atoms with Gasteiger partial charge < -0.3 is 15.5 Å². The molecular formula is C14H22ClFN2O2. The molecule has 0 radical (unpaired) electrons. The number of phenolic OH excluding ortho intramolecular Hbond substituents is 1. The van der Waals surface area contributed by atoms with Crippen LogP contribution >= 0.6 is 12.4 Å². The zero-order chi connectivity index (χ0) is 13.8. The summed E-state index contributed by atoms with van der Waals surface area (Å²) in [7, 11) is 0. The van der Waals surface area contributed by atoms with E-state index in [9.17, 15) is 14.6 Å². The Morgan fingerprint density at radius 1 is 1.35 bits per heavy atom. The van der Waals surface area contributed by atoms with Crippen LogP contribution in [0, 0.1) is 12.7 Å². The van der Waals surface area contributed by atoms with Crippen molar-refractivity contribution in [3.8, 4) is 5.75 Å². The maximum atomic E-state index is 13.6. The second-order valence-electron chi connectivity index (χ2n) is 4.97. The number of hydrogen-bond acceptors (Lipinski definition) is 4. The van der Waals surface area contributed by atoms with Crippen molar-refractivity contribution in [1.29, 1.82) is 0 Å². The molecule has 0 amide bonds. The van der Waals surface area contributed by atoms with Crippen molar-refractivity contribution in [2.45, 2.75) is 19.4 Å². The Balaban J connectivity index is 0.00000200. The first kappa shape index (κ1) is 17.2. The number of aliphatic hydroxyl groups is 1. The van der Waals surface area contributed by atoms with E-state index in [1.807, 2.05) is 0 Å². The van der Waals surface area contributed by atoms with Crippen LogP contribution in [0.4, 0.5) is 4.39 Å². The fourth-order valence-corrected chi connectivity index (χ4v) is 2.67. The van der Waals surface area contributed by atoms with Crippen LogP contribution in [0.2, 0.25) is 0 Å². The van der Waals surface area contributed by atoms with Crippen LogP contribution in [0.1, 0.15) is 23.6 Å². The van der Waals surface area contributed by atoms with Crippen LogP contribution in [0.5, 0.6) is 5.75 Å². The van der Waals surface area contributed by atoms with Crippen LogP contribution < -0.4 is 5.32 Å². The Morgan fingerprint density at radius 2 is 2.00 bits per heavy atom. The first-order valence-electron chi connectivity index (χ1n) is 6.68. The van der Waals surface area contributed by atoms with Gasteiger partial charge in [-0.1, -0.05) is 0 Å². The average Bonchev–Trinajstić information content (AvgIpc) is 2.41. The lowest BCUT2D eigenvalue weighted by molar-refractivity contribution is 0.139. The van der Waals surface area contributed by atoms with Gasteiger partial charge in [-0.05, 0) is 31.0 Å². The summed E-state index contributed by atoms with van der Waals surface area (Å²) in [4.78, 5) is 2.18. The van der Waals surface area contributed by atoms with Gasteiger partial charge in [0.1, 0.15) is 11.6 Å². The monoisotopic (exact) mass is 304 g/mol. The van der Waals surface area contributed by atoms with E-state index in [1.165, 1.54) is 12.1 Å². The minimum atomic E-state index is -0.344. The first-order chi connectivity index (χ1) is 9.13. The summed E-state index contributed by atoms with van der Waals surface area (Å²) in [6.45, 7) is 5.12. The third kappa shape index (κ3) is 3.82. The maximum absolute atomic E-state index is 13.6. The van der Waals surface area contributed by atoms with Crippen LogP contribution in [0.3, 0.4) is 0 Å². The van der Waals surface area contributed by atoms with Crippen LogP contribution in [0.25, 0.3) is 0 Å². The summed E-state index contributed by atoms with van der Waals surface area (Å²) in [5.41, 5.74) is 1.11. The van der Waals surface area contributed by atoms with Gasteiger partial charge in [0.25, 0.3) is 0 Å². The molecule has 3 N–H and O–H groups in total. The van der Waals surface area contributed by atoms with Gasteiger partial charge in [-0.3, -0.25) is 4.90 Å². The normalized spacial score (nSPS) is 17.6.